The summed E-state index contributed by atoms with van der Waals surface area (Å²) in [5.41, 5.74) is 3.88. The van der Waals surface area contributed by atoms with E-state index in [2.05, 4.69) is 16.4 Å². The summed E-state index contributed by atoms with van der Waals surface area (Å²) in [6.07, 6.45) is 7.21. The van der Waals surface area contributed by atoms with E-state index in [-0.39, 0.29) is 5.78 Å². The topological polar surface area (TPSA) is 75.1 Å². The van der Waals surface area contributed by atoms with E-state index in [1.165, 1.54) is 6.21 Å². The van der Waals surface area contributed by atoms with Crippen LogP contribution in [0, 0.1) is 12.3 Å². The van der Waals surface area contributed by atoms with E-state index < -0.39 is 5.41 Å². The van der Waals surface area contributed by atoms with Crippen molar-refractivity contribution in [2.24, 2.45) is 0 Å². The number of ketones is 1. The molecule has 6 heteroatoms. The second-order valence-corrected chi connectivity index (χ2v) is 8.68. The van der Waals surface area contributed by atoms with Crippen LogP contribution in [-0.2, 0) is 10.2 Å². The second kappa shape index (κ2) is 9.59. The minimum Gasteiger partial charge on any atom is -0.457 e. The highest BCUT2D eigenvalue weighted by molar-refractivity contribution is 6.29. The average molecular weight is 460 g/mol. The highest BCUT2D eigenvalue weighted by Crippen LogP contribution is 2.48. The summed E-state index contributed by atoms with van der Waals surface area (Å²) in [7, 11) is 0. The molecule has 1 fully saturated rings. The van der Waals surface area contributed by atoms with Gasteiger partial charge in [0.2, 0.25) is 0 Å². The Morgan fingerprint density at radius 3 is 2.55 bits per heavy atom. The summed E-state index contributed by atoms with van der Waals surface area (Å²) in [4.78, 5) is 16.8. The molecular weight excluding hydrogens is 434 g/mol. The number of benzene rings is 2. The summed E-state index contributed by atoms with van der Waals surface area (Å²) in [5.74, 6) is 1.38. The number of hydrogen-bond donors (Lipinski definition) is 2. The summed E-state index contributed by atoms with van der Waals surface area (Å²) in [5, 5.41) is 11.4. The number of carbonyl (C=O) groups excluding carboxylic acids is 1. The van der Waals surface area contributed by atoms with Gasteiger partial charge in [0.05, 0.1) is 5.41 Å². The van der Waals surface area contributed by atoms with Crippen molar-refractivity contribution in [2.45, 2.75) is 38.5 Å². The summed E-state index contributed by atoms with van der Waals surface area (Å²) < 4.78 is 6.25. The van der Waals surface area contributed by atoms with Gasteiger partial charge in [0.15, 0.2) is 0 Å². The van der Waals surface area contributed by atoms with Crippen molar-refractivity contribution < 1.29 is 9.53 Å². The quantitative estimate of drug-likeness (QED) is 0.282. The van der Waals surface area contributed by atoms with Crippen LogP contribution in [0.2, 0.25) is 5.15 Å². The van der Waals surface area contributed by atoms with Gasteiger partial charge in [-0.25, -0.2) is 4.98 Å². The zero-order valence-electron chi connectivity index (χ0n) is 18.7. The summed E-state index contributed by atoms with van der Waals surface area (Å²) in [6, 6.07) is 17.2. The van der Waals surface area contributed by atoms with Crippen molar-refractivity contribution in [1.29, 1.82) is 5.41 Å². The smallest absolute Gasteiger partial charge is 0.140 e. The van der Waals surface area contributed by atoms with Gasteiger partial charge >= 0.3 is 0 Å². The molecule has 4 rings (SSSR count). The molecular formula is C27H26ClN3O2. The Morgan fingerprint density at radius 2 is 1.94 bits per heavy atom. The first kappa shape index (κ1) is 22.7. The van der Waals surface area contributed by atoms with Crippen molar-refractivity contribution >= 4 is 35.0 Å². The molecule has 0 radical (unpaired) electrons. The molecule has 5 nitrogen and oxygen atoms in total. The van der Waals surface area contributed by atoms with Crippen molar-refractivity contribution in [3.8, 4) is 11.5 Å². The first-order valence-corrected chi connectivity index (χ1v) is 11.3. The third-order valence-corrected chi connectivity index (χ3v) is 6.50. The fraction of sp³-hybridized carbons (Fsp3) is 0.222. The Hall–Kier alpha value is -3.44. The summed E-state index contributed by atoms with van der Waals surface area (Å²) in [6.45, 7) is 3.66. The Bertz CT molecular complexity index is 1220. The van der Waals surface area contributed by atoms with Crippen molar-refractivity contribution in [3.05, 3.63) is 88.7 Å². The standard InChI is InChI=1S/C27H26ClN3O2/c1-18-23(27(19(2)32)11-6-12-27)15-20(16-25(18)33-22-10-14-30-26(28)17-22)24(9-13-29)31-21-7-4-3-5-8-21/h3-5,7-10,13-17,29,31H,6,11-12H2,1-2H3/b24-9-,29-13?. The second-order valence-electron chi connectivity index (χ2n) is 8.29. The van der Waals surface area contributed by atoms with Gasteiger partial charge < -0.3 is 15.5 Å². The van der Waals surface area contributed by atoms with Crippen LogP contribution in [0.25, 0.3) is 5.70 Å². The number of para-hydroxylation sites is 1. The number of pyridine rings is 1. The maximum atomic E-state index is 12.8. The zero-order chi connectivity index (χ0) is 23.4. The molecule has 1 heterocycles. The normalized spacial score (nSPS) is 14.8. The molecule has 0 amide bonds. The minimum absolute atomic E-state index is 0.167. The molecule has 168 valence electrons. The van der Waals surface area contributed by atoms with E-state index in [4.69, 9.17) is 21.7 Å². The number of nitrogens with one attached hydrogen (secondary N) is 2. The molecule has 0 bridgehead atoms. The lowest BCUT2D eigenvalue weighted by atomic mass is 9.61. The monoisotopic (exact) mass is 459 g/mol. The number of carbonyl (C=O) groups is 1. The van der Waals surface area contributed by atoms with Crippen molar-refractivity contribution in [3.63, 3.8) is 0 Å². The highest BCUT2D eigenvalue weighted by atomic mass is 35.5. The van der Waals surface area contributed by atoms with E-state index in [1.807, 2.05) is 43.3 Å². The molecule has 0 unspecified atom stereocenters. The Morgan fingerprint density at radius 1 is 1.18 bits per heavy atom. The third-order valence-electron chi connectivity index (χ3n) is 6.30. The molecule has 0 atom stereocenters. The molecule has 1 saturated carbocycles. The van der Waals surface area contributed by atoms with E-state index in [0.717, 1.165) is 47.3 Å². The molecule has 0 saturated heterocycles. The van der Waals surface area contributed by atoms with E-state index in [9.17, 15) is 4.79 Å². The van der Waals surface area contributed by atoms with Crippen LogP contribution in [0.3, 0.4) is 0 Å². The highest BCUT2D eigenvalue weighted by Gasteiger charge is 2.44. The fourth-order valence-corrected chi connectivity index (χ4v) is 4.50. The Balaban J connectivity index is 1.85. The lowest BCUT2D eigenvalue weighted by molar-refractivity contribution is -0.125. The third kappa shape index (κ3) is 4.69. The molecule has 0 aliphatic heterocycles. The Labute approximate surface area is 199 Å². The van der Waals surface area contributed by atoms with Gasteiger partial charge in [-0.1, -0.05) is 36.2 Å². The molecule has 1 aromatic heterocycles. The largest absolute Gasteiger partial charge is 0.457 e. The predicted octanol–water partition coefficient (Wildman–Crippen LogP) is 6.95. The Kier molecular flexibility index (Phi) is 6.61. The van der Waals surface area contributed by atoms with Gasteiger partial charge in [0, 0.05) is 35.4 Å². The number of nitrogens with zero attached hydrogens (tertiary/aromatic N) is 1. The molecule has 33 heavy (non-hydrogen) atoms. The average Bonchev–Trinajstić information content (AvgIpc) is 2.75. The van der Waals surface area contributed by atoms with E-state index in [0.29, 0.717) is 16.7 Å². The molecule has 2 aromatic carbocycles. The van der Waals surface area contributed by atoms with Crippen LogP contribution in [0.5, 0.6) is 11.5 Å². The maximum absolute atomic E-state index is 12.8. The van der Waals surface area contributed by atoms with E-state index in [1.54, 1.807) is 31.3 Å². The number of ether oxygens (including phenoxy) is 1. The molecule has 0 spiro atoms. The van der Waals surface area contributed by atoms with Crippen LogP contribution >= 0.6 is 11.6 Å². The molecule has 1 aliphatic carbocycles. The van der Waals surface area contributed by atoms with Crippen LogP contribution in [0.15, 0.2) is 66.9 Å². The fourth-order valence-electron chi connectivity index (χ4n) is 4.33. The molecule has 3 aromatic rings. The van der Waals surface area contributed by atoms with Gasteiger partial charge in [-0.3, -0.25) is 4.79 Å². The number of halogens is 1. The molecule has 1 aliphatic rings. The van der Waals surface area contributed by atoms with Gasteiger partial charge in [-0.2, -0.15) is 0 Å². The van der Waals surface area contributed by atoms with Crippen LogP contribution in [0.1, 0.15) is 42.9 Å². The van der Waals surface area contributed by atoms with Crippen LogP contribution < -0.4 is 10.1 Å². The number of Topliss-reactive ketones (excluding diaryl/α,β-unsaturated/α-hetero) is 1. The first-order chi connectivity index (χ1) is 15.9. The number of rotatable bonds is 8. The van der Waals surface area contributed by atoms with Crippen LogP contribution in [0.4, 0.5) is 5.69 Å². The zero-order valence-corrected chi connectivity index (χ0v) is 19.4. The van der Waals surface area contributed by atoms with Gasteiger partial charge in [-0.05, 0) is 74.2 Å². The number of hydrogen-bond acceptors (Lipinski definition) is 5. The van der Waals surface area contributed by atoms with Gasteiger partial charge in [-0.15, -0.1) is 0 Å². The van der Waals surface area contributed by atoms with Gasteiger partial charge in [0.25, 0.3) is 0 Å². The SMILES string of the molecule is CC(=O)C1(c2cc(/C(=C/C=N)Nc3ccccc3)cc(Oc3ccnc(Cl)c3)c2C)CCC1. The van der Waals surface area contributed by atoms with E-state index >= 15 is 0 Å². The predicted molar refractivity (Wildman–Crippen MR) is 134 cm³/mol. The van der Waals surface area contributed by atoms with Crippen molar-refractivity contribution in [2.75, 3.05) is 5.32 Å². The number of aromatic nitrogens is 1. The van der Waals surface area contributed by atoms with Crippen LogP contribution in [-0.4, -0.2) is 17.0 Å². The lowest BCUT2D eigenvalue weighted by Gasteiger charge is -2.41. The van der Waals surface area contributed by atoms with Gasteiger partial charge in [0.1, 0.15) is 22.4 Å². The number of allylic oxidation sites excluding steroid dienone is 1. The number of anilines is 1. The maximum Gasteiger partial charge on any atom is 0.140 e. The van der Waals surface area contributed by atoms with Crippen molar-refractivity contribution in [1.82, 2.24) is 4.98 Å². The first-order valence-electron chi connectivity index (χ1n) is 10.9. The molecule has 2 N–H and O–H groups in total. The minimum atomic E-state index is -0.503. The summed E-state index contributed by atoms with van der Waals surface area (Å²) >= 11 is 6.06. The lowest BCUT2D eigenvalue weighted by Crippen LogP contribution is -2.41.